The van der Waals surface area contributed by atoms with Crippen molar-refractivity contribution in [1.29, 1.82) is 5.26 Å². The first-order valence-corrected chi connectivity index (χ1v) is 9.59. The number of nitriles is 1. The zero-order valence-electron chi connectivity index (χ0n) is 15.4. The minimum atomic E-state index is -0.450. The van der Waals surface area contributed by atoms with Crippen LogP contribution < -0.4 is 5.32 Å². The molecule has 1 aromatic rings. The number of carbonyl (C=O) groups excluding carboxylic acids is 1. The molecule has 1 aliphatic heterocycles. The Hall–Kier alpha value is -2.02. The maximum atomic E-state index is 12.5. The Balaban J connectivity index is 1.52. The van der Waals surface area contributed by atoms with Gasteiger partial charge in [0.1, 0.15) is 0 Å². The fourth-order valence-electron chi connectivity index (χ4n) is 4.47. The van der Waals surface area contributed by atoms with Gasteiger partial charge in [0.15, 0.2) is 0 Å². The highest BCUT2D eigenvalue weighted by Gasteiger charge is 2.50. The SMILES string of the molecule is CCC1(CC)C[C@H]1CNC(=O)N1CCC(C#N)(c2ccccc2)CC1. The van der Waals surface area contributed by atoms with E-state index >= 15 is 0 Å². The van der Waals surface area contributed by atoms with E-state index in [0.717, 1.165) is 12.1 Å². The Morgan fingerprint density at radius 2 is 1.88 bits per heavy atom. The summed E-state index contributed by atoms with van der Waals surface area (Å²) < 4.78 is 0. The molecule has 1 aromatic carbocycles. The van der Waals surface area contributed by atoms with Gasteiger partial charge in [-0.25, -0.2) is 4.79 Å². The molecule has 0 bridgehead atoms. The van der Waals surface area contributed by atoms with Crippen molar-refractivity contribution in [3.8, 4) is 6.07 Å². The smallest absolute Gasteiger partial charge is 0.317 e. The van der Waals surface area contributed by atoms with Gasteiger partial charge in [0.25, 0.3) is 0 Å². The Morgan fingerprint density at radius 1 is 1.24 bits per heavy atom. The second-order valence-corrected chi connectivity index (χ2v) is 7.70. The predicted octanol–water partition coefficient (Wildman–Crippen LogP) is 4.08. The Kier molecular flexibility index (Phi) is 5.03. The zero-order chi connectivity index (χ0) is 17.9. The summed E-state index contributed by atoms with van der Waals surface area (Å²) in [5, 5.41) is 12.9. The Morgan fingerprint density at radius 3 is 2.40 bits per heavy atom. The van der Waals surface area contributed by atoms with Gasteiger partial charge in [-0.05, 0) is 36.2 Å². The van der Waals surface area contributed by atoms with Crippen LogP contribution in [0.2, 0.25) is 0 Å². The lowest BCUT2D eigenvalue weighted by molar-refractivity contribution is 0.170. The molecule has 1 saturated carbocycles. The highest BCUT2D eigenvalue weighted by atomic mass is 16.2. The molecule has 1 N–H and O–H groups in total. The number of urea groups is 1. The van der Waals surface area contributed by atoms with Crippen LogP contribution in [0.15, 0.2) is 30.3 Å². The summed E-state index contributed by atoms with van der Waals surface area (Å²) in [6.45, 7) is 6.58. The lowest BCUT2D eigenvalue weighted by Crippen LogP contribution is -2.48. The molecule has 4 heteroatoms. The van der Waals surface area contributed by atoms with Crippen molar-refractivity contribution in [2.45, 2.75) is 51.4 Å². The summed E-state index contributed by atoms with van der Waals surface area (Å²) in [6.07, 6.45) is 5.06. The summed E-state index contributed by atoms with van der Waals surface area (Å²) in [6, 6.07) is 12.6. The third-order valence-electron chi connectivity index (χ3n) is 6.71. The van der Waals surface area contributed by atoms with Crippen LogP contribution in [0.3, 0.4) is 0 Å². The van der Waals surface area contributed by atoms with Gasteiger partial charge in [-0.15, -0.1) is 0 Å². The lowest BCUT2D eigenvalue weighted by Gasteiger charge is -2.37. The number of likely N-dealkylation sites (tertiary alicyclic amines) is 1. The molecule has 0 spiro atoms. The lowest BCUT2D eigenvalue weighted by atomic mass is 9.74. The van der Waals surface area contributed by atoms with Crippen molar-refractivity contribution >= 4 is 6.03 Å². The van der Waals surface area contributed by atoms with Crippen molar-refractivity contribution < 1.29 is 4.79 Å². The van der Waals surface area contributed by atoms with E-state index in [1.807, 2.05) is 35.2 Å². The third-order valence-corrected chi connectivity index (χ3v) is 6.71. The van der Waals surface area contributed by atoms with E-state index in [0.29, 0.717) is 37.3 Å². The van der Waals surface area contributed by atoms with Crippen LogP contribution in [0.5, 0.6) is 0 Å². The van der Waals surface area contributed by atoms with Gasteiger partial charge in [0.05, 0.1) is 11.5 Å². The van der Waals surface area contributed by atoms with E-state index in [4.69, 9.17) is 0 Å². The first kappa shape index (κ1) is 17.8. The van der Waals surface area contributed by atoms with Crippen LogP contribution in [0, 0.1) is 22.7 Å². The van der Waals surface area contributed by atoms with Gasteiger partial charge in [0, 0.05) is 19.6 Å². The third kappa shape index (κ3) is 3.38. The van der Waals surface area contributed by atoms with Crippen LogP contribution in [-0.4, -0.2) is 30.6 Å². The Bertz CT molecular complexity index is 637. The molecular formula is C21H29N3O. The number of hydrogen-bond donors (Lipinski definition) is 1. The van der Waals surface area contributed by atoms with E-state index in [9.17, 15) is 10.1 Å². The van der Waals surface area contributed by atoms with Crippen LogP contribution in [-0.2, 0) is 5.41 Å². The van der Waals surface area contributed by atoms with Gasteiger partial charge >= 0.3 is 6.03 Å². The van der Waals surface area contributed by atoms with Crippen molar-refractivity contribution in [1.82, 2.24) is 10.2 Å². The fraction of sp³-hybridized carbons (Fsp3) is 0.619. The topological polar surface area (TPSA) is 56.1 Å². The van der Waals surface area contributed by atoms with Gasteiger partial charge in [-0.2, -0.15) is 5.26 Å². The number of hydrogen-bond acceptors (Lipinski definition) is 2. The average Bonchev–Trinajstić information content (AvgIpc) is 3.41. The van der Waals surface area contributed by atoms with Crippen molar-refractivity contribution in [2.24, 2.45) is 11.3 Å². The zero-order valence-corrected chi connectivity index (χ0v) is 15.4. The molecule has 134 valence electrons. The van der Waals surface area contributed by atoms with Crippen LogP contribution in [0.1, 0.15) is 51.5 Å². The number of piperidine rings is 1. The summed E-state index contributed by atoms with van der Waals surface area (Å²) >= 11 is 0. The first-order valence-electron chi connectivity index (χ1n) is 9.59. The molecule has 3 rings (SSSR count). The molecule has 1 aliphatic carbocycles. The van der Waals surface area contributed by atoms with Gasteiger partial charge in [0.2, 0.25) is 0 Å². The number of nitrogens with one attached hydrogen (secondary N) is 1. The summed E-state index contributed by atoms with van der Waals surface area (Å²) in [5.41, 5.74) is 1.10. The minimum absolute atomic E-state index is 0.0348. The van der Waals surface area contributed by atoms with Gasteiger partial charge < -0.3 is 10.2 Å². The molecule has 0 radical (unpaired) electrons. The molecule has 4 nitrogen and oxygen atoms in total. The molecule has 2 amide bonds. The number of amides is 2. The molecule has 0 unspecified atom stereocenters. The molecule has 2 fully saturated rings. The number of benzene rings is 1. The minimum Gasteiger partial charge on any atom is -0.338 e. The van der Waals surface area contributed by atoms with Gasteiger partial charge in [-0.3, -0.25) is 0 Å². The van der Waals surface area contributed by atoms with Crippen molar-refractivity contribution in [3.05, 3.63) is 35.9 Å². The predicted molar refractivity (Wildman–Crippen MR) is 99.1 cm³/mol. The summed E-state index contributed by atoms with van der Waals surface area (Å²) in [7, 11) is 0. The van der Waals surface area contributed by atoms with Crippen molar-refractivity contribution in [3.63, 3.8) is 0 Å². The molecule has 2 aliphatic rings. The molecule has 0 aromatic heterocycles. The average molecular weight is 339 g/mol. The van der Waals surface area contributed by atoms with Gasteiger partial charge in [-0.1, -0.05) is 57.0 Å². The fourth-order valence-corrected chi connectivity index (χ4v) is 4.47. The monoisotopic (exact) mass is 339 g/mol. The summed E-state index contributed by atoms with van der Waals surface area (Å²) in [5.74, 6) is 0.638. The second-order valence-electron chi connectivity index (χ2n) is 7.70. The number of carbonyl (C=O) groups is 1. The molecular weight excluding hydrogens is 310 g/mol. The standard InChI is InChI=1S/C21H29N3O/c1-3-20(4-2)14-18(20)15-23-19(25)24-12-10-21(16-22,11-13-24)17-8-6-5-7-9-17/h5-9,18H,3-4,10-15H2,1-2H3,(H,23,25)/t18-/m0/s1. The maximum absolute atomic E-state index is 12.5. The quantitative estimate of drug-likeness (QED) is 0.879. The van der Waals surface area contributed by atoms with Crippen LogP contribution in [0.25, 0.3) is 0 Å². The first-order chi connectivity index (χ1) is 12.1. The Labute approximate surface area is 151 Å². The molecule has 1 heterocycles. The van der Waals surface area contributed by atoms with Crippen molar-refractivity contribution in [2.75, 3.05) is 19.6 Å². The van der Waals surface area contributed by atoms with Crippen LogP contribution in [0.4, 0.5) is 4.79 Å². The molecule has 25 heavy (non-hydrogen) atoms. The van der Waals surface area contributed by atoms with E-state index in [-0.39, 0.29) is 6.03 Å². The highest BCUT2D eigenvalue weighted by Crippen LogP contribution is 2.57. The van der Waals surface area contributed by atoms with E-state index < -0.39 is 5.41 Å². The van der Waals surface area contributed by atoms with E-state index in [1.54, 1.807) is 0 Å². The largest absolute Gasteiger partial charge is 0.338 e. The van der Waals surface area contributed by atoms with E-state index in [1.165, 1.54) is 19.3 Å². The molecule has 1 atom stereocenters. The van der Waals surface area contributed by atoms with Crippen LogP contribution >= 0.6 is 0 Å². The van der Waals surface area contributed by atoms with E-state index in [2.05, 4.69) is 25.2 Å². The summed E-state index contributed by atoms with van der Waals surface area (Å²) in [4.78, 5) is 14.4. The second kappa shape index (κ2) is 7.07. The number of nitrogens with zero attached hydrogens (tertiary/aromatic N) is 2. The number of rotatable bonds is 5. The normalized spacial score (nSPS) is 23.6. The maximum Gasteiger partial charge on any atom is 0.317 e. The molecule has 1 saturated heterocycles. The highest BCUT2D eigenvalue weighted by molar-refractivity contribution is 5.74.